The van der Waals surface area contributed by atoms with Gasteiger partial charge in [0.15, 0.2) is 6.10 Å². The number of ether oxygens (including phenoxy) is 2. The molecule has 0 spiro atoms. The summed E-state index contributed by atoms with van der Waals surface area (Å²) in [6, 6.07) is 5.72. The Kier molecular flexibility index (Phi) is 4.07. The molecule has 1 aliphatic rings. The van der Waals surface area contributed by atoms with Crippen LogP contribution in [0.1, 0.15) is 13.8 Å². The molecule has 102 valence electrons. The van der Waals surface area contributed by atoms with Gasteiger partial charge >= 0.3 is 0 Å². The van der Waals surface area contributed by atoms with E-state index in [2.05, 4.69) is 11.1 Å². The Hall–Kier alpha value is -2.00. The molecule has 1 aromatic heterocycles. The molecule has 1 unspecified atom stereocenters. The van der Waals surface area contributed by atoms with Gasteiger partial charge in [0.05, 0.1) is 31.0 Å². The van der Waals surface area contributed by atoms with Gasteiger partial charge in [0.2, 0.25) is 5.88 Å². The van der Waals surface area contributed by atoms with E-state index in [1.807, 2.05) is 24.8 Å². The molecule has 1 fully saturated rings. The molecule has 6 heteroatoms. The van der Waals surface area contributed by atoms with E-state index < -0.39 is 6.10 Å². The number of hydrogen-bond donors (Lipinski definition) is 1. The van der Waals surface area contributed by atoms with E-state index in [4.69, 9.17) is 20.5 Å². The minimum absolute atomic E-state index is 0.0154. The third-order valence-corrected chi connectivity index (χ3v) is 2.76. The maximum Gasteiger partial charge on any atom is 0.239 e. The van der Waals surface area contributed by atoms with Crippen LogP contribution >= 0.6 is 0 Å². The quantitative estimate of drug-likeness (QED) is 0.880. The fraction of sp³-hybridized carbons (Fsp3) is 0.538. The summed E-state index contributed by atoms with van der Waals surface area (Å²) in [5, 5.41) is 8.91. The maximum atomic E-state index is 8.91. The highest BCUT2D eigenvalue weighted by molar-refractivity contribution is 5.54. The molecule has 0 amide bonds. The number of rotatable bonds is 3. The molecule has 0 radical (unpaired) electrons. The number of aromatic nitrogens is 1. The largest absolute Gasteiger partial charge is 0.473 e. The summed E-state index contributed by atoms with van der Waals surface area (Å²) in [5.41, 5.74) is 6.35. The second-order valence-electron chi connectivity index (χ2n) is 4.66. The zero-order chi connectivity index (χ0) is 13.8. The van der Waals surface area contributed by atoms with Crippen molar-refractivity contribution in [2.45, 2.75) is 26.1 Å². The third-order valence-electron chi connectivity index (χ3n) is 2.76. The number of anilines is 2. The highest BCUT2D eigenvalue weighted by Crippen LogP contribution is 2.25. The highest BCUT2D eigenvalue weighted by atomic mass is 16.5. The van der Waals surface area contributed by atoms with Crippen molar-refractivity contribution >= 4 is 11.5 Å². The summed E-state index contributed by atoms with van der Waals surface area (Å²) in [6.45, 7) is 5.58. The first kappa shape index (κ1) is 13.4. The summed E-state index contributed by atoms with van der Waals surface area (Å²) in [6.07, 6.45) is -0.399. The predicted molar refractivity (Wildman–Crippen MR) is 72.0 cm³/mol. The molecule has 2 heterocycles. The van der Waals surface area contributed by atoms with Crippen LogP contribution in [0.5, 0.6) is 5.88 Å². The minimum Gasteiger partial charge on any atom is -0.473 e. The zero-order valence-corrected chi connectivity index (χ0v) is 11.2. The number of morpholine rings is 1. The summed E-state index contributed by atoms with van der Waals surface area (Å²) in [4.78, 5) is 6.42. The SMILES string of the molecule is CC(C)Oc1nc(N2CCOC(C#N)C2)ccc1N. The van der Waals surface area contributed by atoms with E-state index in [0.717, 1.165) is 5.82 Å². The Balaban J connectivity index is 2.18. The Morgan fingerprint density at radius 3 is 3.05 bits per heavy atom. The molecule has 19 heavy (non-hydrogen) atoms. The van der Waals surface area contributed by atoms with Crippen LogP contribution in [-0.2, 0) is 4.74 Å². The number of nitrogens with two attached hydrogens (primary N) is 1. The number of nitrogen functional groups attached to an aromatic ring is 1. The van der Waals surface area contributed by atoms with Crippen molar-refractivity contribution in [3.05, 3.63) is 12.1 Å². The number of nitrogens with zero attached hydrogens (tertiary/aromatic N) is 3. The van der Waals surface area contributed by atoms with Crippen LogP contribution < -0.4 is 15.4 Å². The van der Waals surface area contributed by atoms with E-state index in [0.29, 0.717) is 31.3 Å². The van der Waals surface area contributed by atoms with E-state index in [1.165, 1.54) is 0 Å². The normalized spacial score (nSPS) is 19.3. The van der Waals surface area contributed by atoms with Crippen LogP contribution in [-0.4, -0.2) is 36.9 Å². The fourth-order valence-electron chi connectivity index (χ4n) is 1.87. The van der Waals surface area contributed by atoms with Gasteiger partial charge in [-0.15, -0.1) is 0 Å². The van der Waals surface area contributed by atoms with Gasteiger partial charge in [0.1, 0.15) is 5.82 Å². The number of nitriles is 1. The van der Waals surface area contributed by atoms with Crippen molar-refractivity contribution in [3.63, 3.8) is 0 Å². The molecule has 0 saturated carbocycles. The molecule has 1 aromatic rings. The lowest BCUT2D eigenvalue weighted by atomic mass is 10.3. The second-order valence-corrected chi connectivity index (χ2v) is 4.66. The molecule has 1 aliphatic heterocycles. The Morgan fingerprint density at radius 2 is 2.37 bits per heavy atom. The minimum atomic E-state index is -0.414. The lowest BCUT2D eigenvalue weighted by Gasteiger charge is -2.31. The van der Waals surface area contributed by atoms with Crippen LogP contribution in [0.25, 0.3) is 0 Å². The van der Waals surface area contributed by atoms with Gasteiger partial charge in [0, 0.05) is 6.54 Å². The lowest BCUT2D eigenvalue weighted by molar-refractivity contribution is 0.0760. The van der Waals surface area contributed by atoms with Crippen LogP contribution in [0.3, 0.4) is 0 Å². The van der Waals surface area contributed by atoms with Gasteiger partial charge in [-0.2, -0.15) is 10.2 Å². The molecule has 0 aromatic carbocycles. The molecule has 6 nitrogen and oxygen atoms in total. The van der Waals surface area contributed by atoms with Crippen molar-refractivity contribution in [3.8, 4) is 11.9 Å². The van der Waals surface area contributed by atoms with Gasteiger partial charge < -0.3 is 20.1 Å². The summed E-state index contributed by atoms with van der Waals surface area (Å²) < 4.78 is 10.9. The lowest BCUT2D eigenvalue weighted by Crippen LogP contribution is -2.42. The summed E-state index contributed by atoms with van der Waals surface area (Å²) in [5.74, 6) is 1.20. The van der Waals surface area contributed by atoms with Crippen LogP contribution in [0.4, 0.5) is 11.5 Å². The molecule has 2 N–H and O–H groups in total. The van der Waals surface area contributed by atoms with Crippen LogP contribution in [0.2, 0.25) is 0 Å². The van der Waals surface area contributed by atoms with Crippen molar-refractivity contribution in [2.24, 2.45) is 0 Å². The Bertz CT molecular complexity index is 484. The monoisotopic (exact) mass is 262 g/mol. The van der Waals surface area contributed by atoms with E-state index in [1.54, 1.807) is 6.07 Å². The van der Waals surface area contributed by atoms with Crippen LogP contribution in [0.15, 0.2) is 12.1 Å². The maximum absolute atomic E-state index is 8.91. The molecule has 0 aliphatic carbocycles. The molecular weight excluding hydrogens is 244 g/mol. The summed E-state index contributed by atoms with van der Waals surface area (Å²) in [7, 11) is 0. The molecule has 1 atom stereocenters. The number of hydrogen-bond acceptors (Lipinski definition) is 6. The first-order chi connectivity index (χ1) is 9.10. The Labute approximate surface area is 112 Å². The molecule has 0 bridgehead atoms. The number of pyridine rings is 1. The smallest absolute Gasteiger partial charge is 0.239 e. The van der Waals surface area contributed by atoms with Gasteiger partial charge in [0.25, 0.3) is 0 Å². The molecular formula is C13H18N4O2. The van der Waals surface area contributed by atoms with Gasteiger partial charge in [-0.3, -0.25) is 0 Å². The molecule has 2 rings (SSSR count). The van der Waals surface area contributed by atoms with E-state index in [9.17, 15) is 0 Å². The third kappa shape index (κ3) is 3.26. The topological polar surface area (TPSA) is 84.4 Å². The Morgan fingerprint density at radius 1 is 1.58 bits per heavy atom. The van der Waals surface area contributed by atoms with Crippen LogP contribution in [0, 0.1) is 11.3 Å². The standard InChI is InChI=1S/C13H18N4O2/c1-9(2)19-13-11(15)3-4-12(16-13)17-5-6-18-10(7-14)8-17/h3-4,9-10H,5-6,8,15H2,1-2H3. The van der Waals surface area contributed by atoms with Gasteiger partial charge in [-0.1, -0.05) is 0 Å². The fourth-order valence-corrected chi connectivity index (χ4v) is 1.87. The first-order valence-corrected chi connectivity index (χ1v) is 6.29. The van der Waals surface area contributed by atoms with Gasteiger partial charge in [-0.25, -0.2) is 0 Å². The van der Waals surface area contributed by atoms with E-state index in [-0.39, 0.29) is 6.10 Å². The van der Waals surface area contributed by atoms with Crippen molar-refractivity contribution in [2.75, 3.05) is 30.3 Å². The van der Waals surface area contributed by atoms with Crippen molar-refractivity contribution in [1.29, 1.82) is 5.26 Å². The average Bonchev–Trinajstić information content (AvgIpc) is 2.41. The summed E-state index contributed by atoms with van der Waals surface area (Å²) >= 11 is 0. The molecule has 1 saturated heterocycles. The predicted octanol–water partition coefficient (Wildman–Crippen LogP) is 1.18. The van der Waals surface area contributed by atoms with E-state index >= 15 is 0 Å². The van der Waals surface area contributed by atoms with Crippen molar-refractivity contribution in [1.82, 2.24) is 4.98 Å². The van der Waals surface area contributed by atoms with Crippen molar-refractivity contribution < 1.29 is 9.47 Å². The average molecular weight is 262 g/mol. The zero-order valence-electron chi connectivity index (χ0n) is 11.2. The van der Waals surface area contributed by atoms with Gasteiger partial charge in [-0.05, 0) is 26.0 Å². The second kappa shape index (κ2) is 5.76. The first-order valence-electron chi connectivity index (χ1n) is 6.29. The highest BCUT2D eigenvalue weighted by Gasteiger charge is 2.21.